The maximum absolute atomic E-state index is 5.74. The highest BCUT2D eigenvalue weighted by atomic mass is 16.5. The molecule has 0 aromatic rings. The maximum Gasteiger partial charge on any atom is 0.0599 e. The minimum absolute atomic E-state index is 0.00263. The van der Waals surface area contributed by atoms with Gasteiger partial charge in [0.05, 0.1) is 12.2 Å². The number of nitrogens with one attached hydrogen (secondary N) is 1. The van der Waals surface area contributed by atoms with Crippen molar-refractivity contribution in [2.75, 3.05) is 13.2 Å². The summed E-state index contributed by atoms with van der Waals surface area (Å²) in [7, 11) is 0. The summed E-state index contributed by atoms with van der Waals surface area (Å²) >= 11 is 0. The highest BCUT2D eigenvalue weighted by molar-refractivity contribution is 4.93. The van der Waals surface area contributed by atoms with E-state index in [0.29, 0.717) is 6.04 Å². The van der Waals surface area contributed by atoms with Crippen LogP contribution in [0.15, 0.2) is 0 Å². The Labute approximate surface area is 107 Å². The summed E-state index contributed by atoms with van der Waals surface area (Å²) in [5.74, 6) is 3.01. The predicted octanol–water partition coefficient (Wildman–Crippen LogP) is 3.22. The van der Waals surface area contributed by atoms with Crippen molar-refractivity contribution in [2.24, 2.45) is 17.8 Å². The van der Waals surface area contributed by atoms with E-state index in [1.807, 2.05) is 0 Å². The van der Waals surface area contributed by atoms with Crippen LogP contribution in [0.3, 0.4) is 0 Å². The van der Waals surface area contributed by atoms with E-state index in [-0.39, 0.29) is 5.60 Å². The average Bonchev–Trinajstić information content (AvgIpc) is 2.84. The van der Waals surface area contributed by atoms with Gasteiger partial charge in [-0.3, -0.25) is 0 Å². The second-order valence-corrected chi connectivity index (χ2v) is 7.04. The second-order valence-electron chi connectivity index (χ2n) is 7.04. The molecular weight excluding hydrogens is 210 g/mol. The fourth-order valence-electron chi connectivity index (χ4n) is 3.70. The Bertz CT molecular complexity index is 246. The zero-order valence-electron chi connectivity index (χ0n) is 12.0. The molecule has 0 aliphatic heterocycles. The van der Waals surface area contributed by atoms with Crippen LogP contribution >= 0.6 is 0 Å². The first-order chi connectivity index (χ1) is 7.96. The lowest BCUT2D eigenvalue weighted by atomic mass is 9.84. The first-order valence-corrected chi connectivity index (χ1v) is 7.33. The van der Waals surface area contributed by atoms with Crippen molar-refractivity contribution < 1.29 is 4.74 Å². The van der Waals surface area contributed by atoms with Gasteiger partial charge in [0.1, 0.15) is 0 Å². The van der Waals surface area contributed by atoms with Crippen LogP contribution in [0.5, 0.6) is 0 Å². The summed E-state index contributed by atoms with van der Waals surface area (Å²) in [6.07, 6.45) is 5.97. The van der Waals surface area contributed by atoms with Crippen LogP contribution in [-0.4, -0.2) is 24.8 Å². The zero-order valence-corrected chi connectivity index (χ0v) is 12.0. The van der Waals surface area contributed by atoms with Gasteiger partial charge in [0.25, 0.3) is 0 Å². The molecule has 2 fully saturated rings. The number of hydrogen-bond donors (Lipinski definition) is 1. The van der Waals surface area contributed by atoms with E-state index < -0.39 is 0 Å². The normalized spacial score (nSPS) is 34.2. The monoisotopic (exact) mass is 239 g/mol. The lowest BCUT2D eigenvalue weighted by Crippen LogP contribution is -2.38. The van der Waals surface area contributed by atoms with Crippen molar-refractivity contribution in [1.82, 2.24) is 5.32 Å². The molecule has 2 nitrogen and oxygen atoms in total. The summed E-state index contributed by atoms with van der Waals surface area (Å²) < 4.78 is 5.74. The van der Waals surface area contributed by atoms with E-state index >= 15 is 0 Å². The minimum Gasteiger partial charge on any atom is -0.375 e. The van der Waals surface area contributed by atoms with Gasteiger partial charge in [0.15, 0.2) is 0 Å². The van der Waals surface area contributed by atoms with Gasteiger partial charge in [-0.15, -0.1) is 0 Å². The molecule has 0 aromatic heterocycles. The largest absolute Gasteiger partial charge is 0.375 e. The van der Waals surface area contributed by atoms with E-state index in [9.17, 15) is 0 Å². The third-order valence-corrected chi connectivity index (χ3v) is 4.54. The van der Waals surface area contributed by atoms with E-state index in [0.717, 1.165) is 30.9 Å². The van der Waals surface area contributed by atoms with E-state index in [2.05, 4.69) is 33.0 Å². The Hall–Kier alpha value is -0.0800. The number of ether oxygens (including phenoxy) is 1. The van der Waals surface area contributed by atoms with Gasteiger partial charge in [0, 0.05) is 12.6 Å². The molecule has 100 valence electrons. The van der Waals surface area contributed by atoms with Gasteiger partial charge in [-0.2, -0.15) is 0 Å². The summed E-state index contributed by atoms with van der Waals surface area (Å²) in [4.78, 5) is 0. The molecule has 17 heavy (non-hydrogen) atoms. The molecule has 0 aromatic carbocycles. The Kier molecular flexibility index (Phi) is 4.14. The van der Waals surface area contributed by atoms with Crippen molar-refractivity contribution >= 4 is 0 Å². The van der Waals surface area contributed by atoms with Crippen LogP contribution in [0.25, 0.3) is 0 Å². The standard InChI is InChI=1S/C15H29NO/c1-11(16-7-8-17-15(2,3)4)14-10-12-5-6-13(14)9-12/h11-14,16H,5-10H2,1-4H3. The smallest absolute Gasteiger partial charge is 0.0599 e. The van der Waals surface area contributed by atoms with Crippen LogP contribution in [0.4, 0.5) is 0 Å². The van der Waals surface area contributed by atoms with Gasteiger partial charge >= 0.3 is 0 Å². The maximum atomic E-state index is 5.74. The molecule has 0 amide bonds. The number of fused-ring (bicyclic) bond motifs is 2. The minimum atomic E-state index is -0.00263. The molecule has 2 bridgehead atoms. The fourth-order valence-corrected chi connectivity index (χ4v) is 3.70. The molecule has 0 saturated heterocycles. The van der Waals surface area contributed by atoms with Crippen LogP contribution in [0, 0.1) is 17.8 Å². The predicted molar refractivity (Wildman–Crippen MR) is 72.1 cm³/mol. The zero-order chi connectivity index (χ0) is 12.5. The molecule has 2 heteroatoms. The van der Waals surface area contributed by atoms with Crippen LogP contribution in [-0.2, 0) is 4.74 Å². The molecule has 2 saturated carbocycles. The Morgan fingerprint density at radius 2 is 2.00 bits per heavy atom. The highest BCUT2D eigenvalue weighted by Crippen LogP contribution is 2.49. The molecule has 2 aliphatic carbocycles. The first kappa shape index (κ1) is 13.4. The van der Waals surface area contributed by atoms with Crippen molar-refractivity contribution in [3.05, 3.63) is 0 Å². The lowest BCUT2D eigenvalue weighted by Gasteiger charge is -2.29. The van der Waals surface area contributed by atoms with Gasteiger partial charge in [-0.25, -0.2) is 0 Å². The van der Waals surface area contributed by atoms with Crippen LogP contribution in [0.1, 0.15) is 53.4 Å². The molecule has 0 radical (unpaired) electrons. The van der Waals surface area contributed by atoms with Crippen molar-refractivity contribution in [1.29, 1.82) is 0 Å². The molecule has 4 unspecified atom stereocenters. The van der Waals surface area contributed by atoms with E-state index in [1.165, 1.54) is 25.7 Å². The van der Waals surface area contributed by atoms with E-state index in [4.69, 9.17) is 4.74 Å². The average molecular weight is 239 g/mol. The molecule has 2 aliphatic rings. The van der Waals surface area contributed by atoms with Gasteiger partial charge < -0.3 is 10.1 Å². The molecule has 4 atom stereocenters. The van der Waals surface area contributed by atoms with Crippen molar-refractivity contribution in [2.45, 2.75) is 65.0 Å². The number of rotatable bonds is 5. The fraction of sp³-hybridized carbons (Fsp3) is 1.00. The Morgan fingerprint density at radius 3 is 2.53 bits per heavy atom. The molecule has 0 spiro atoms. The molecule has 2 rings (SSSR count). The Morgan fingerprint density at radius 1 is 1.24 bits per heavy atom. The quantitative estimate of drug-likeness (QED) is 0.744. The van der Waals surface area contributed by atoms with Crippen LogP contribution in [0.2, 0.25) is 0 Å². The van der Waals surface area contributed by atoms with Gasteiger partial charge in [0.2, 0.25) is 0 Å². The number of hydrogen-bond acceptors (Lipinski definition) is 2. The van der Waals surface area contributed by atoms with Gasteiger partial charge in [-0.05, 0) is 64.7 Å². The summed E-state index contributed by atoms with van der Waals surface area (Å²) in [5.41, 5.74) is -0.00263. The summed E-state index contributed by atoms with van der Waals surface area (Å²) in [5, 5.41) is 3.66. The molecule has 0 heterocycles. The molecular formula is C15H29NO. The summed E-state index contributed by atoms with van der Waals surface area (Å²) in [6, 6.07) is 0.675. The molecule has 1 N–H and O–H groups in total. The Balaban J connectivity index is 1.63. The lowest BCUT2D eigenvalue weighted by molar-refractivity contribution is -0.00232. The van der Waals surface area contributed by atoms with E-state index in [1.54, 1.807) is 0 Å². The summed E-state index contributed by atoms with van der Waals surface area (Å²) in [6.45, 7) is 10.5. The third kappa shape index (κ3) is 3.69. The highest BCUT2D eigenvalue weighted by Gasteiger charge is 2.41. The topological polar surface area (TPSA) is 21.3 Å². The SMILES string of the molecule is CC(NCCOC(C)(C)C)C1CC2CCC1C2. The first-order valence-electron chi connectivity index (χ1n) is 7.33. The van der Waals surface area contributed by atoms with Gasteiger partial charge in [-0.1, -0.05) is 6.42 Å². The van der Waals surface area contributed by atoms with Crippen LogP contribution < -0.4 is 5.32 Å². The second kappa shape index (κ2) is 5.27. The van der Waals surface area contributed by atoms with Crippen molar-refractivity contribution in [3.63, 3.8) is 0 Å². The third-order valence-electron chi connectivity index (χ3n) is 4.54. The van der Waals surface area contributed by atoms with Crippen molar-refractivity contribution in [3.8, 4) is 0 Å².